The molecule has 176 valence electrons. The van der Waals surface area contributed by atoms with E-state index in [-0.39, 0.29) is 36.6 Å². The zero-order chi connectivity index (χ0) is 24.7. The molecule has 0 fully saturated rings. The van der Waals surface area contributed by atoms with Gasteiger partial charge in [0.25, 0.3) is 0 Å². The average Bonchev–Trinajstić information content (AvgIpc) is 2.84. The third kappa shape index (κ3) is 5.95. The van der Waals surface area contributed by atoms with Crippen LogP contribution in [0.3, 0.4) is 0 Å². The zero-order valence-corrected chi connectivity index (χ0v) is 18.7. The lowest BCUT2D eigenvalue weighted by Crippen LogP contribution is -2.43. The van der Waals surface area contributed by atoms with Crippen molar-refractivity contribution in [3.63, 3.8) is 0 Å². The van der Waals surface area contributed by atoms with Crippen LogP contribution < -0.4 is 21.1 Å². The summed E-state index contributed by atoms with van der Waals surface area (Å²) < 4.78 is 29.4. The number of nitriles is 1. The maximum Gasteiger partial charge on any atom is 0.325 e. The summed E-state index contributed by atoms with van der Waals surface area (Å²) in [7, 11) is 0. The summed E-state index contributed by atoms with van der Waals surface area (Å²) in [6.45, 7) is -0.472. The smallest absolute Gasteiger partial charge is 0.325 e. The van der Waals surface area contributed by atoms with Gasteiger partial charge in [-0.15, -0.1) is 0 Å². The molecule has 0 bridgehead atoms. The van der Waals surface area contributed by atoms with E-state index in [1.165, 1.54) is 36.5 Å². The number of carbonyl (C=O) groups is 1. The fraction of sp³-hybridized carbons (Fsp3) is 0.217. The first-order valence-corrected chi connectivity index (χ1v) is 10.6. The topological polar surface area (TPSA) is 128 Å². The van der Waals surface area contributed by atoms with Gasteiger partial charge in [0.1, 0.15) is 11.8 Å². The second-order valence-corrected chi connectivity index (χ2v) is 7.78. The van der Waals surface area contributed by atoms with Crippen molar-refractivity contribution in [3.05, 3.63) is 87.8 Å². The molecule has 11 heteroatoms. The molecule has 0 saturated carbocycles. The van der Waals surface area contributed by atoms with Crippen LogP contribution in [0.25, 0.3) is 0 Å². The normalized spacial score (nSPS) is 11.0. The van der Waals surface area contributed by atoms with Gasteiger partial charge in [-0.3, -0.25) is 15.1 Å². The molecule has 5 N–H and O–H groups in total. The first-order chi connectivity index (χ1) is 16.2. The monoisotopic (exact) mass is 487 g/mol. The molecule has 8 nitrogen and oxygen atoms in total. The van der Waals surface area contributed by atoms with E-state index >= 15 is 0 Å². The van der Waals surface area contributed by atoms with Gasteiger partial charge in [0.15, 0.2) is 12.2 Å². The molecule has 3 rings (SSSR count). The van der Waals surface area contributed by atoms with E-state index in [9.17, 15) is 24.0 Å². The molecule has 2 heterocycles. The van der Waals surface area contributed by atoms with Crippen LogP contribution in [0.5, 0.6) is 0 Å². The van der Waals surface area contributed by atoms with Crippen LogP contribution in [0.2, 0.25) is 5.02 Å². The predicted molar refractivity (Wildman–Crippen MR) is 120 cm³/mol. The number of amides is 1. The van der Waals surface area contributed by atoms with Gasteiger partial charge in [0.05, 0.1) is 12.0 Å². The summed E-state index contributed by atoms with van der Waals surface area (Å²) >= 11 is 6.01. The number of halogens is 3. The number of benzene rings is 1. The second-order valence-electron chi connectivity index (χ2n) is 7.35. The Labute approximate surface area is 199 Å². The molecule has 0 saturated heterocycles. The molecule has 3 aromatic rings. The van der Waals surface area contributed by atoms with Gasteiger partial charge in [-0.25, -0.2) is 0 Å². The Morgan fingerprint density at radius 3 is 2.71 bits per heavy atom. The molecule has 0 aliphatic rings. The summed E-state index contributed by atoms with van der Waals surface area (Å²) in [6, 6.07) is 13.8. The number of pyridine rings is 2. The van der Waals surface area contributed by atoms with E-state index in [1.807, 2.05) is 6.07 Å². The molecule has 0 radical (unpaired) electrons. The molecule has 0 unspecified atom stereocenters. The summed E-state index contributed by atoms with van der Waals surface area (Å²) in [5.41, 5.74) is 6.77. The van der Waals surface area contributed by atoms with E-state index < -0.39 is 24.1 Å². The minimum Gasteiger partial charge on any atom is -0.352 e. The number of rotatable bonds is 9. The first-order valence-electron chi connectivity index (χ1n) is 10.2. The lowest BCUT2D eigenvalue weighted by Gasteiger charge is -2.14. The van der Waals surface area contributed by atoms with Crippen LogP contribution in [-0.4, -0.2) is 22.6 Å². The van der Waals surface area contributed by atoms with Crippen LogP contribution in [0.4, 0.5) is 14.6 Å². The summed E-state index contributed by atoms with van der Waals surface area (Å²) in [5.74, 6) is -3.94. The Bertz CT molecular complexity index is 1220. The van der Waals surface area contributed by atoms with Gasteiger partial charge in [-0.2, -0.15) is 14.0 Å². The van der Waals surface area contributed by atoms with E-state index in [4.69, 9.17) is 17.3 Å². The van der Waals surface area contributed by atoms with Crippen molar-refractivity contribution in [1.82, 2.24) is 10.3 Å². The summed E-state index contributed by atoms with van der Waals surface area (Å²) in [5, 5.41) is 25.6. The highest BCUT2D eigenvalue weighted by Crippen LogP contribution is 2.26. The highest BCUT2D eigenvalue weighted by atomic mass is 35.5. The summed E-state index contributed by atoms with van der Waals surface area (Å²) in [4.78, 5) is 16.2. The van der Waals surface area contributed by atoms with Crippen molar-refractivity contribution >= 4 is 23.3 Å². The maximum absolute atomic E-state index is 14.4. The Balaban J connectivity index is 1.73. The number of nitrogens with zero attached hydrogens (tertiary/aromatic N) is 3. The third-order valence-electron chi connectivity index (χ3n) is 5.05. The standard InChI is InChI=1S/C23H21ClF2N6O2/c24-18-6-4-15(11-27)17(9-18)13-30-22(33)10-19-16(12-28)5-7-21(32(19)34)31-14-23(25,26)20-3-1-2-8-29-20/h1-9,34H,10-11,13-14,27H2,(H,30,33)/p+1. The van der Waals surface area contributed by atoms with Crippen molar-refractivity contribution in [2.75, 3.05) is 11.9 Å². The van der Waals surface area contributed by atoms with Crippen molar-refractivity contribution in [3.8, 4) is 6.07 Å². The quantitative estimate of drug-likeness (QED) is 0.271. The number of nitrogens with one attached hydrogen (secondary N) is 2. The highest BCUT2D eigenvalue weighted by Gasteiger charge is 2.36. The largest absolute Gasteiger partial charge is 0.352 e. The van der Waals surface area contributed by atoms with Gasteiger partial charge >= 0.3 is 11.7 Å². The van der Waals surface area contributed by atoms with Crippen molar-refractivity contribution in [2.45, 2.75) is 25.4 Å². The van der Waals surface area contributed by atoms with Crippen LogP contribution in [0.1, 0.15) is 28.1 Å². The Morgan fingerprint density at radius 1 is 1.24 bits per heavy atom. The Kier molecular flexibility index (Phi) is 7.94. The Morgan fingerprint density at radius 2 is 2.03 bits per heavy atom. The van der Waals surface area contributed by atoms with Gasteiger partial charge in [0.2, 0.25) is 5.91 Å². The van der Waals surface area contributed by atoms with Crippen LogP contribution >= 0.6 is 11.6 Å². The number of aromatic nitrogens is 2. The molecule has 0 aliphatic carbocycles. The molecule has 0 spiro atoms. The predicted octanol–water partition coefficient (Wildman–Crippen LogP) is 2.65. The van der Waals surface area contributed by atoms with Gasteiger partial charge in [-0.05, 0) is 46.2 Å². The molecular formula is C23H22ClF2N6O2+. The molecular weight excluding hydrogens is 466 g/mol. The fourth-order valence-electron chi connectivity index (χ4n) is 3.23. The van der Waals surface area contributed by atoms with Crippen molar-refractivity contribution < 1.29 is 23.5 Å². The van der Waals surface area contributed by atoms with Gasteiger partial charge in [0, 0.05) is 30.4 Å². The number of alkyl halides is 2. The minimum atomic E-state index is -3.32. The molecule has 0 atom stereocenters. The fourth-order valence-corrected chi connectivity index (χ4v) is 3.43. The van der Waals surface area contributed by atoms with Gasteiger partial charge in [-0.1, -0.05) is 23.7 Å². The van der Waals surface area contributed by atoms with Crippen molar-refractivity contribution in [2.24, 2.45) is 5.73 Å². The lowest BCUT2D eigenvalue weighted by atomic mass is 10.1. The zero-order valence-electron chi connectivity index (χ0n) is 17.9. The molecule has 0 aliphatic heterocycles. The molecule has 1 aromatic carbocycles. The number of nitrogens with two attached hydrogens (primary N) is 1. The minimum absolute atomic E-state index is 0.0186. The molecule has 2 aromatic heterocycles. The number of anilines is 1. The van der Waals surface area contributed by atoms with E-state index in [0.29, 0.717) is 9.75 Å². The highest BCUT2D eigenvalue weighted by molar-refractivity contribution is 6.30. The number of hydrogen-bond acceptors (Lipinski definition) is 6. The van der Waals surface area contributed by atoms with E-state index in [0.717, 1.165) is 11.1 Å². The maximum atomic E-state index is 14.4. The van der Waals surface area contributed by atoms with Crippen LogP contribution in [0, 0.1) is 11.3 Å². The summed E-state index contributed by atoms with van der Waals surface area (Å²) in [6.07, 6.45) is 0.887. The lowest BCUT2D eigenvalue weighted by molar-refractivity contribution is -0.898. The third-order valence-corrected chi connectivity index (χ3v) is 5.28. The van der Waals surface area contributed by atoms with Crippen LogP contribution in [-0.2, 0) is 30.2 Å². The van der Waals surface area contributed by atoms with E-state index in [2.05, 4.69) is 15.6 Å². The van der Waals surface area contributed by atoms with E-state index in [1.54, 1.807) is 18.2 Å². The van der Waals surface area contributed by atoms with Gasteiger partial charge < -0.3 is 16.3 Å². The van der Waals surface area contributed by atoms with Crippen molar-refractivity contribution in [1.29, 1.82) is 5.26 Å². The SMILES string of the molecule is N#Cc1ccc(NCC(F)(F)c2ccccn2)[n+](O)c1CC(=O)NCc1cc(Cl)ccc1CN. The number of hydrogen-bond donors (Lipinski definition) is 4. The first kappa shape index (κ1) is 24.8. The Hall–Kier alpha value is -3.81. The average molecular weight is 488 g/mol. The number of carbonyl (C=O) groups excluding carboxylic acids is 1. The molecule has 34 heavy (non-hydrogen) atoms. The van der Waals surface area contributed by atoms with Crippen LogP contribution in [0.15, 0.2) is 54.7 Å². The molecule has 1 amide bonds. The second kappa shape index (κ2) is 10.9.